The van der Waals surface area contributed by atoms with E-state index in [1.807, 2.05) is 47.8 Å². The van der Waals surface area contributed by atoms with E-state index in [1.165, 1.54) is 16.9 Å². The standard InChI is InChI=1S/C19H17NOS/c1-14-9-11-16(12-10-14)18(15-6-3-2-4-7-15)20-19(21)17-8-5-13-22-17/h2-13,18H,1H3,(H,20,21). The zero-order chi connectivity index (χ0) is 15.4. The van der Waals surface area contributed by atoms with E-state index in [0.717, 1.165) is 16.0 Å². The van der Waals surface area contributed by atoms with Crippen LogP contribution in [0.4, 0.5) is 0 Å². The number of carbonyl (C=O) groups is 1. The summed E-state index contributed by atoms with van der Waals surface area (Å²) < 4.78 is 0. The minimum absolute atomic E-state index is 0.0376. The fraction of sp³-hybridized carbons (Fsp3) is 0.105. The molecule has 22 heavy (non-hydrogen) atoms. The molecule has 0 aliphatic heterocycles. The Morgan fingerprint density at radius 3 is 2.23 bits per heavy atom. The van der Waals surface area contributed by atoms with E-state index in [-0.39, 0.29) is 11.9 Å². The average molecular weight is 307 g/mol. The fourth-order valence-electron chi connectivity index (χ4n) is 2.37. The molecule has 3 rings (SSSR count). The highest BCUT2D eigenvalue weighted by molar-refractivity contribution is 7.12. The lowest BCUT2D eigenvalue weighted by molar-refractivity contribution is 0.0947. The van der Waals surface area contributed by atoms with Crippen LogP contribution in [-0.4, -0.2) is 5.91 Å². The van der Waals surface area contributed by atoms with Crippen LogP contribution in [0.15, 0.2) is 72.1 Å². The first kappa shape index (κ1) is 14.5. The molecule has 0 saturated heterocycles. The van der Waals surface area contributed by atoms with Crippen molar-refractivity contribution in [1.82, 2.24) is 5.32 Å². The van der Waals surface area contributed by atoms with Crippen LogP contribution in [0.3, 0.4) is 0 Å². The van der Waals surface area contributed by atoms with Crippen molar-refractivity contribution < 1.29 is 4.79 Å². The van der Waals surface area contributed by atoms with Gasteiger partial charge in [-0.25, -0.2) is 0 Å². The van der Waals surface area contributed by atoms with Crippen molar-refractivity contribution in [2.45, 2.75) is 13.0 Å². The molecule has 0 bridgehead atoms. The van der Waals surface area contributed by atoms with Gasteiger partial charge in [-0.3, -0.25) is 4.79 Å². The third-order valence-corrected chi connectivity index (χ3v) is 4.43. The summed E-state index contributed by atoms with van der Waals surface area (Å²) in [5.74, 6) is -0.0376. The van der Waals surface area contributed by atoms with Crippen LogP contribution >= 0.6 is 11.3 Å². The number of amides is 1. The van der Waals surface area contributed by atoms with Gasteiger partial charge in [0.05, 0.1) is 10.9 Å². The highest BCUT2D eigenvalue weighted by atomic mass is 32.1. The Morgan fingerprint density at radius 1 is 0.909 bits per heavy atom. The summed E-state index contributed by atoms with van der Waals surface area (Å²) in [6.45, 7) is 2.06. The molecule has 1 amide bonds. The predicted octanol–water partition coefficient (Wildman–Crippen LogP) is 4.58. The van der Waals surface area contributed by atoms with Crippen LogP contribution in [0.25, 0.3) is 0 Å². The van der Waals surface area contributed by atoms with Crippen LogP contribution in [0, 0.1) is 6.92 Å². The molecule has 2 aromatic carbocycles. The SMILES string of the molecule is Cc1ccc(C(NC(=O)c2cccs2)c2ccccc2)cc1. The van der Waals surface area contributed by atoms with Gasteiger partial charge in [-0.15, -0.1) is 11.3 Å². The quantitative estimate of drug-likeness (QED) is 0.751. The molecule has 0 aliphatic carbocycles. The summed E-state index contributed by atoms with van der Waals surface area (Å²) in [4.78, 5) is 13.2. The van der Waals surface area contributed by atoms with E-state index in [9.17, 15) is 4.79 Å². The molecule has 1 atom stereocenters. The molecule has 3 heteroatoms. The molecule has 1 unspecified atom stereocenters. The van der Waals surface area contributed by atoms with Crippen LogP contribution in [-0.2, 0) is 0 Å². The van der Waals surface area contributed by atoms with Gasteiger partial charge in [0.2, 0.25) is 0 Å². The van der Waals surface area contributed by atoms with Crippen molar-refractivity contribution in [3.8, 4) is 0 Å². The number of rotatable bonds is 4. The molecule has 110 valence electrons. The second-order valence-corrected chi connectivity index (χ2v) is 6.15. The summed E-state index contributed by atoms with van der Waals surface area (Å²) in [5.41, 5.74) is 3.37. The molecule has 0 saturated carbocycles. The van der Waals surface area contributed by atoms with Gasteiger partial charge < -0.3 is 5.32 Å². The van der Waals surface area contributed by atoms with E-state index >= 15 is 0 Å². The van der Waals surface area contributed by atoms with Gasteiger partial charge in [-0.2, -0.15) is 0 Å². The first-order valence-electron chi connectivity index (χ1n) is 7.20. The second kappa shape index (κ2) is 6.58. The Morgan fingerprint density at radius 2 is 1.59 bits per heavy atom. The lowest BCUT2D eigenvalue weighted by Crippen LogP contribution is -2.28. The number of aryl methyl sites for hydroxylation is 1. The first-order chi connectivity index (χ1) is 10.7. The summed E-state index contributed by atoms with van der Waals surface area (Å²) >= 11 is 1.45. The lowest BCUT2D eigenvalue weighted by atomic mass is 9.98. The third kappa shape index (κ3) is 3.26. The molecule has 1 aromatic heterocycles. The van der Waals surface area contributed by atoms with Crippen LogP contribution < -0.4 is 5.32 Å². The molecule has 0 fully saturated rings. The summed E-state index contributed by atoms with van der Waals surface area (Å²) in [7, 11) is 0. The smallest absolute Gasteiger partial charge is 0.262 e. The highest BCUT2D eigenvalue weighted by Crippen LogP contribution is 2.23. The third-order valence-electron chi connectivity index (χ3n) is 3.56. The zero-order valence-electron chi connectivity index (χ0n) is 12.3. The Balaban J connectivity index is 1.93. The molecule has 1 N–H and O–H groups in total. The van der Waals surface area contributed by atoms with E-state index in [4.69, 9.17) is 0 Å². The second-order valence-electron chi connectivity index (χ2n) is 5.21. The number of hydrogen-bond acceptors (Lipinski definition) is 2. The maximum atomic E-state index is 12.4. The van der Waals surface area contributed by atoms with Crippen molar-refractivity contribution in [2.24, 2.45) is 0 Å². The van der Waals surface area contributed by atoms with Crippen molar-refractivity contribution in [1.29, 1.82) is 0 Å². The molecule has 1 heterocycles. The molecular weight excluding hydrogens is 290 g/mol. The van der Waals surface area contributed by atoms with E-state index < -0.39 is 0 Å². The molecular formula is C19H17NOS. The monoisotopic (exact) mass is 307 g/mol. The van der Waals surface area contributed by atoms with Gasteiger partial charge in [0.1, 0.15) is 0 Å². The largest absolute Gasteiger partial charge is 0.340 e. The maximum Gasteiger partial charge on any atom is 0.262 e. The normalized spacial score (nSPS) is 11.9. The van der Waals surface area contributed by atoms with Gasteiger partial charge in [0.15, 0.2) is 0 Å². The minimum Gasteiger partial charge on any atom is -0.340 e. The highest BCUT2D eigenvalue weighted by Gasteiger charge is 2.18. The van der Waals surface area contributed by atoms with E-state index in [2.05, 4.69) is 36.5 Å². The van der Waals surface area contributed by atoms with Gasteiger partial charge in [0.25, 0.3) is 5.91 Å². The van der Waals surface area contributed by atoms with Crippen LogP contribution in [0.2, 0.25) is 0 Å². The number of thiophene rings is 1. The molecule has 2 nitrogen and oxygen atoms in total. The van der Waals surface area contributed by atoms with Crippen LogP contribution in [0.5, 0.6) is 0 Å². The van der Waals surface area contributed by atoms with Gasteiger partial charge in [-0.05, 0) is 29.5 Å². The molecule has 0 aliphatic rings. The Kier molecular flexibility index (Phi) is 4.35. The lowest BCUT2D eigenvalue weighted by Gasteiger charge is -2.19. The van der Waals surface area contributed by atoms with Crippen molar-refractivity contribution in [3.05, 3.63) is 93.7 Å². The number of benzene rings is 2. The van der Waals surface area contributed by atoms with E-state index in [0.29, 0.717) is 0 Å². The fourth-order valence-corrected chi connectivity index (χ4v) is 3.00. The summed E-state index contributed by atoms with van der Waals surface area (Å²) in [5, 5.41) is 5.06. The first-order valence-corrected chi connectivity index (χ1v) is 8.08. The topological polar surface area (TPSA) is 29.1 Å². The Hall–Kier alpha value is -2.39. The van der Waals surface area contributed by atoms with Gasteiger partial charge in [0, 0.05) is 0 Å². The van der Waals surface area contributed by atoms with Crippen LogP contribution in [0.1, 0.15) is 32.4 Å². The Bertz CT molecular complexity index is 733. The Labute approximate surface area is 134 Å². The molecule has 0 spiro atoms. The predicted molar refractivity (Wildman–Crippen MR) is 91.2 cm³/mol. The van der Waals surface area contributed by atoms with Crippen molar-refractivity contribution in [3.63, 3.8) is 0 Å². The molecule has 3 aromatic rings. The van der Waals surface area contributed by atoms with Crippen molar-refractivity contribution in [2.75, 3.05) is 0 Å². The van der Waals surface area contributed by atoms with Gasteiger partial charge >= 0.3 is 0 Å². The van der Waals surface area contributed by atoms with E-state index in [1.54, 1.807) is 0 Å². The number of nitrogens with one attached hydrogen (secondary N) is 1. The zero-order valence-corrected chi connectivity index (χ0v) is 13.1. The average Bonchev–Trinajstić information content (AvgIpc) is 3.09. The molecule has 0 radical (unpaired) electrons. The van der Waals surface area contributed by atoms with Gasteiger partial charge in [-0.1, -0.05) is 66.2 Å². The number of carbonyl (C=O) groups excluding carboxylic acids is 1. The number of hydrogen-bond donors (Lipinski definition) is 1. The van der Waals surface area contributed by atoms with Crippen molar-refractivity contribution >= 4 is 17.2 Å². The summed E-state index contributed by atoms with van der Waals surface area (Å²) in [6.07, 6.45) is 0. The maximum absolute atomic E-state index is 12.4. The summed E-state index contributed by atoms with van der Waals surface area (Å²) in [6, 6.07) is 21.9. The minimum atomic E-state index is -0.142.